The molecule has 1 aliphatic rings. The summed E-state index contributed by atoms with van der Waals surface area (Å²) in [6, 6.07) is 1.81. The fraction of sp³-hybridized carbons (Fsp3) is 0.375. The van der Waals surface area contributed by atoms with Crippen LogP contribution in [-0.2, 0) is 4.74 Å². The first-order valence-corrected chi connectivity index (χ1v) is 4.45. The summed E-state index contributed by atoms with van der Waals surface area (Å²) in [7, 11) is 0. The standard InChI is InChI=1S/C8H12N6O/c1-5-2-7(14(10)4-11-9)12-13-8(5)6-3-15-6/h2,4,6H,3,9-10H2,1H3/b11-4-/t6-/m1/s1. The fourth-order valence-electron chi connectivity index (χ4n) is 1.26. The summed E-state index contributed by atoms with van der Waals surface area (Å²) in [5.41, 5.74) is 1.85. The van der Waals surface area contributed by atoms with Crippen LogP contribution in [0.4, 0.5) is 5.82 Å². The molecule has 4 N–H and O–H groups in total. The predicted octanol–water partition coefficient (Wildman–Crippen LogP) is -0.562. The highest BCUT2D eigenvalue weighted by atomic mass is 16.6. The van der Waals surface area contributed by atoms with E-state index >= 15 is 0 Å². The summed E-state index contributed by atoms with van der Waals surface area (Å²) in [6.45, 7) is 2.65. The average Bonchev–Trinajstić information content (AvgIpc) is 3.01. The van der Waals surface area contributed by atoms with Crippen LogP contribution in [0, 0.1) is 6.92 Å². The van der Waals surface area contributed by atoms with E-state index in [9.17, 15) is 0 Å². The Balaban J connectivity index is 2.24. The van der Waals surface area contributed by atoms with Gasteiger partial charge in [0.25, 0.3) is 0 Å². The Morgan fingerprint density at radius 2 is 2.40 bits per heavy atom. The number of anilines is 1. The molecule has 0 aromatic carbocycles. The number of ether oxygens (including phenoxy) is 1. The number of hydrogen-bond acceptors (Lipinski definition) is 6. The van der Waals surface area contributed by atoms with Gasteiger partial charge in [-0.1, -0.05) is 0 Å². The fourth-order valence-corrected chi connectivity index (χ4v) is 1.26. The molecule has 1 fully saturated rings. The van der Waals surface area contributed by atoms with E-state index in [4.69, 9.17) is 16.4 Å². The van der Waals surface area contributed by atoms with Crippen molar-refractivity contribution in [3.63, 3.8) is 0 Å². The molecule has 1 aromatic heterocycles. The first-order valence-electron chi connectivity index (χ1n) is 4.45. The smallest absolute Gasteiger partial charge is 0.171 e. The molecular weight excluding hydrogens is 196 g/mol. The maximum atomic E-state index is 5.59. The molecule has 1 aromatic rings. The Morgan fingerprint density at radius 3 is 2.93 bits per heavy atom. The number of epoxide rings is 1. The second-order valence-electron chi connectivity index (χ2n) is 3.26. The van der Waals surface area contributed by atoms with E-state index < -0.39 is 0 Å². The number of hydrazine groups is 1. The maximum Gasteiger partial charge on any atom is 0.171 e. The SMILES string of the molecule is Cc1cc(N(N)/C=N\N)nnc1[C@H]1CO1. The lowest BCUT2D eigenvalue weighted by Crippen LogP contribution is -2.30. The van der Waals surface area contributed by atoms with Crippen LogP contribution in [0.25, 0.3) is 0 Å². The van der Waals surface area contributed by atoms with Gasteiger partial charge < -0.3 is 10.6 Å². The topological polar surface area (TPSA) is 106 Å². The molecule has 0 bridgehead atoms. The van der Waals surface area contributed by atoms with Crippen LogP contribution in [0.1, 0.15) is 17.4 Å². The number of hydrogen-bond donors (Lipinski definition) is 2. The number of rotatable bonds is 3. The largest absolute Gasteiger partial charge is 0.366 e. The zero-order valence-electron chi connectivity index (χ0n) is 8.29. The summed E-state index contributed by atoms with van der Waals surface area (Å²) < 4.78 is 5.13. The van der Waals surface area contributed by atoms with E-state index in [1.807, 2.05) is 13.0 Å². The number of hydrazone groups is 1. The molecular formula is C8H12N6O. The van der Waals surface area contributed by atoms with Crippen LogP contribution < -0.4 is 16.7 Å². The average molecular weight is 208 g/mol. The molecule has 0 spiro atoms. The Labute approximate surface area is 86.7 Å². The molecule has 2 heterocycles. The van der Waals surface area contributed by atoms with Crippen molar-refractivity contribution in [3.8, 4) is 0 Å². The summed E-state index contributed by atoms with van der Waals surface area (Å²) in [5, 5.41) is 12.5. The van der Waals surface area contributed by atoms with Crippen LogP contribution >= 0.6 is 0 Å². The molecule has 1 atom stereocenters. The summed E-state index contributed by atoms with van der Waals surface area (Å²) in [4.78, 5) is 0. The Kier molecular flexibility index (Phi) is 2.48. The van der Waals surface area contributed by atoms with Crippen LogP contribution in [0.2, 0.25) is 0 Å². The zero-order chi connectivity index (χ0) is 10.8. The van der Waals surface area contributed by atoms with Gasteiger partial charge >= 0.3 is 0 Å². The minimum absolute atomic E-state index is 0.0981. The minimum atomic E-state index is 0.0981. The van der Waals surface area contributed by atoms with Gasteiger partial charge in [0.15, 0.2) is 5.82 Å². The van der Waals surface area contributed by atoms with Crippen molar-refractivity contribution < 1.29 is 4.74 Å². The molecule has 7 nitrogen and oxygen atoms in total. The van der Waals surface area contributed by atoms with Crippen molar-refractivity contribution in [3.05, 3.63) is 17.3 Å². The van der Waals surface area contributed by atoms with E-state index in [1.165, 1.54) is 11.3 Å². The monoisotopic (exact) mass is 208 g/mol. The zero-order valence-corrected chi connectivity index (χ0v) is 8.29. The maximum absolute atomic E-state index is 5.59. The third kappa shape index (κ3) is 2.03. The van der Waals surface area contributed by atoms with Crippen molar-refractivity contribution in [1.82, 2.24) is 10.2 Å². The normalized spacial score (nSPS) is 19.5. The molecule has 0 amide bonds. The highest BCUT2D eigenvalue weighted by Gasteiger charge is 2.28. The summed E-state index contributed by atoms with van der Waals surface area (Å²) in [5.74, 6) is 11.1. The molecule has 0 aliphatic carbocycles. The first-order chi connectivity index (χ1) is 7.22. The first kappa shape index (κ1) is 9.81. The summed E-state index contributed by atoms with van der Waals surface area (Å²) in [6.07, 6.45) is 1.36. The van der Waals surface area contributed by atoms with Crippen molar-refractivity contribution >= 4 is 12.2 Å². The van der Waals surface area contributed by atoms with Gasteiger partial charge in [-0.3, -0.25) is 0 Å². The number of aryl methyl sites for hydroxylation is 1. The molecule has 80 valence electrons. The number of aromatic nitrogens is 2. The second-order valence-corrected chi connectivity index (χ2v) is 3.26. The van der Waals surface area contributed by atoms with Gasteiger partial charge in [-0.05, 0) is 18.6 Å². The van der Waals surface area contributed by atoms with Crippen molar-refractivity contribution in [1.29, 1.82) is 0 Å². The highest BCUT2D eigenvalue weighted by molar-refractivity contribution is 5.75. The van der Waals surface area contributed by atoms with Crippen molar-refractivity contribution in [2.45, 2.75) is 13.0 Å². The van der Waals surface area contributed by atoms with E-state index in [0.29, 0.717) is 12.4 Å². The molecule has 0 radical (unpaired) electrons. The van der Waals surface area contributed by atoms with E-state index in [-0.39, 0.29) is 6.10 Å². The van der Waals surface area contributed by atoms with Crippen LogP contribution in [0.15, 0.2) is 11.2 Å². The van der Waals surface area contributed by atoms with Crippen LogP contribution in [-0.4, -0.2) is 23.1 Å². The van der Waals surface area contributed by atoms with Crippen molar-refractivity contribution in [2.75, 3.05) is 11.6 Å². The van der Waals surface area contributed by atoms with Crippen molar-refractivity contribution in [2.24, 2.45) is 16.8 Å². The molecule has 2 rings (SSSR count). The Bertz CT molecular complexity index is 389. The molecule has 0 saturated carbocycles. The molecule has 1 aliphatic heterocycles. The molecule has 15 heavy (non-hydrogen) atoms. The van der Waals surface area contributed by atoms with Gasteiger partial charge in [0, 0.05) is 0 Å². The lowest BCUT2D eigenvalue weighted by molar-refractivity contribution is 0.409. The van der Waals surface area contributed by atoms with Gasteiger partial charge in [0.2, 0.25) is 0 Å². The van der Waals surface area contributed by atoms with Gasteiger partial charge in [0.05, 0.1) is 12.3 Å². The third-order valence-electron chi connectivity index (χ3n) is 2.10. The summed E-state index contributed by atoms with van der Waals surface area (Å²) >= 11 is 0. The Hall–Kier alpha value is -1.73. The highest BCUT2D eigenvalue weighted by Crippen LogP contribution is 2.30. The van der Waals surface area contributed by atoms with Gasteiger partial charge in [0.1, 0.15) is 12.4 Å². The third-order valence-corrected chi connectivity index (χ3v) is 2.10. The quantitative estimate of drug-likeness (QED) is 0.227. The number of nitrogens with zero attached hydrogens (tertiary/aromatic N) is 4. The van der Waals surface area contributed by atoms with E-state index in [2.05, 4.69) is 15.3 Å². The van der Waals surface area contributed by atoms with Gasteiger partial charge in [-0.2, -0.15) is 10.2 Å². The predicted molar refractivity (Wildman–Crippen MR) is 54.8 cm³/mol. The number of nitrogens with two attached hydrogens (primary N) is 2. The minimum Gasteiger partial charge on any atom is -0.366 e. The lowest BCUT2D eigenvalue weighted by atomic mass is 10.2. The van der Waals surface area contributed by atoms with Gasteiger partial charge in [-0.25, -0.2) is 10.9 Å². The van der Waals surface area contributed by atoms with E-state index in [1.54, 1.807) is 0 Å². The molecule has 0 unspecified atom stereocenters. The Morgan fingerprint density at radius 1 is 1.67 bits per heavy atom. The molecule has 1 saturated heterocycles. The lowest BCUT2D eigenvalue weighted by Gasteiger charge is -2.11. The van der Waals surface area contributed by atoms with Crippen LogP contribution in [0.3, 0.4) is 0 Å². The van der Waals surface area contributed by atoms with Gasteiger partial charge in [-0.15, -0.1) is 5.10 Å². The van der Waals surface area contributed by atoms with E-state index in [0.717, 1.165) is 11.3 Å². The molecule has 7 heteroatoms. The van der Waals surface area contributed by atoms with Crippen LogP contribution in [0.5, 0.6) is 0 Å². The second kappa shape index (κ2) is 3.79.